The first-order valence-electron chi connectivity index (χ1n) is 8.37. The van der Waals surface area contributed by atoms with E-state index < -0.39 is 5.60 Å². The van der Waals surface area contributed by atoms with Crippen LogP contribution in [0.2, 0.25) is 0 Å². The average molecular weight is 372 g/mol. The molecule has 0 bridgehead atoms. The van der Waals surface area contributed by atoms with Crippen LogP contribution >= 0.6 is 11.8 Å². The number of aliphatic hydroxyl groups is 1. The van der Waals surface area contributed by atoms with Crippen molar-refractivity contribution in [3.8, 4) is 5.75 Å². The monoisotopic (exact) mass is 371 g/mol. The zero-order valence-electron chi connectivity index (χ0n) is 15.4. The van der Waals surface area contributed by atoms with Crippen LogP contribution < -0.4 is 10.1 Å². The zero-order chi connectivity index (χ0) is 19.0. The summed E-state index contributed by atoms with van der Waals surface area (Å²) < 4.78 is 5.13. The lowest BCUT2D eigenvalue weighted by atomic mass is 9.96. The van der Waals surface area contributed by atoms with Crippen molar-refractivity contribution in [1.82, 2.24) is 5.32 Å². The summed E-state index contributed by atoms with van der Waals surface area (Å²) in [6, 6.07) is 15.5. The lowest BCUT2D eigenvalue weighted by Gasteiger charge is -2.23. The van der Waals surface area contributed by atoms with Crippen LogP contribution in [0.4, 0.5) is 0 Å². The van der Waals surface area contributed by atoms with E-state index in [1.54, 1.807) is 31.9 Å². The first kappa shape index (κ1) is 20.1. The summed E-state index contributed by atoms with van der Waals surface area (Å²) in [6.45, 7) is 1.88. The summed E-state index contributed by atoms with van der Waals surface area (Å²) in [4.78, 5) is 13.2. The molecule has 0 unspecified atom stereocenters. The van der Waals surface area contributed by atoms with Gasteiger partial charge in [-0.25, -0.2) is 0 Å². The van der Waals surface area contributed by atoms with Gasteiger partial charge in [-0.15, -0.1) is 11.8 Å². The van der Waals surface area contributed by atoms with E-state index in [-0.39, 0.29) is 12.5 Å². The van der Waals surface area contributed by atoms with Crippen LogP contribution in [0.5, 0.6) is 5.75 Å². The van der Waals surface area contributed by atoms with Crippen molar-refractivity contribution in [2.45, 2.75) is 23.8 Å². The summed E-state index contributed by atoms with van der Waals surface area (Å²) in [5, 5.41) is 13.3. The third kappa shape index (κ3) is 6.58. The number of methoxy groups -OCH3 is 1. The highest BCUT2D eigenvalue weighted by molar-refractivity contribution is 7.98. The molecule has 0 heterocycles. The molecule has 1 amide bonds. The molecule has 138 valence electrons. The van der Waals surface area contributed by atoms with Gasteiger partial charge in [0.1, 0.15) is 5.75 Å². The van der Waals surface area contributed by atoms with Crippen molar-refractivity contribution in [3.05, 3.63) is 65.7 Å². The van der Waals surface area contributed by atoms with Crippen LogP contribution in [0.1, 0.15) is 18.1 Å². The van der Waals surface area contributed by atoms with Crippen LogP contribution in [0, 0.1) is 0 Å². The van der Waals surface area contributed by atoms with Crippen LogP contribution in [-0.4, -0.2) is 36.5 Å². The van der Waals surface area contributed by atoms with Crippen LogP contribution in [0.25, 0.3) is 6.08 Å². The minimum atomic E-state index is -1.03. The van der Waals surface area contributed by atoms with Gasteiger partial charge in [0.15, 0.2) is 0 Å². The first-order valence-corrected chi connectivity index (χ1v) is 9.59. The molecule has 0 radical (unpaired) electrons. The van der Waals surface area contributed by atoms with Gasteiger partial charge >= 0.3 is 0 Å². The molecule has 0 aromatic heterocycles. The minimum absolute atomic E-state index is 0.174. The zero-order valence-corrected chi connectivity index (χ0v) is 16.2. The third-order valence-corrected chi connectivity index (χ3v) is 4.67. The SMILES string of the molecule is COc1ccc(C[C@](C)(O)CNC(=O)/C=C/c2ccc(SC)cc2)cc1. The lowest BCUT2D eigenvalue weighted by molar-refractivity contribution is -0.117. The first-order chi connectivity index (χ1) is 12.4. The molecule has 0 fully saturated rings. The average Bonchev–Trinajstić information content (AvgIpc) is 2.65. The van der Waals surface area contributed by atoms with Gasteiger partial charge in [-0.1, -0.05) is 24.3 Å². The number of thioether (sulfide) groups is 1. The molecule has 0 aliphatic rings. The fourth-order valence-electron chi connectivity index (χ4n) is 2.47. The Bertz CT molecular complexity index is 737. The van der Waals surface area contributed by atoms with Gasteiger partial charge in [0.25, 0.3) is 0 Å². The maximum atomic E-state index is 12.0. The molecule has 2 aromatic rings. The summed E-state index contributed by atoms with van der Waals surface area (Å²) >= 11 is 1.68. The number of rotatable bonds is 8. The maximum absolute atomic E-state index is 12.0. The minimum Gasteiger partial charge on any atom is -0.497 e. The Morgan fingerprint density at radius 3 is 2.42 bits per heavy atom. The Morgan fingerprint density at radius 1 is 1.19 bits per heavy atom. The Morgan fingerprint density at radius 2 is 1.85 bits per heavy atom. The van der Waals surface area contributed by atoms with Crippen molar-refractivity contribution < 1.29 is 14.6 Å². The number of hydrogen-bond acceptors (Lipinski definition) is 4. The third-order valence-electron chi connectivity index (χ3n) is 3.93. The van der Waals surface area contributed by atoms with Crippen molar-refractivity contribution in [2.24, 2.45) is 0 Å². The largest absolute Gasteiger partial charge is 0.497 e. The molecule has 0 saturated carbocycles. The van der Waals surface area contributed by atoms with Gasteiger partial charge < -0.3 is 15.2 Å². The Balaban J connectivity index is 1.84. The molecule has 0 saturated heterocycles. The van der Waals surface area contributed by atoms with E-state index in [1.165, 1.54) is 11.0 Å². The highest BCUT2D eigenvalue weighted by Crippen LogP contribution is 2.17. The molecule has 4 nitrogen and oxygen atoms in total. The van der Waals surface area contributed by atoms with Gasteiger partial charge in [-0.2, -0.15) is 0 Å². The Hall–Kier alpha value is -2.24. The summed E-state index contributed by atoms with van der Waals surface area (Å²) in [5.74, 6) is 0.548. The number of carbonyl (C=O) groups excluding carboxylic acids is 1. The fraction of sp³-hybridized carbons (Fsp3) is 0.286. The molecule has 0 spiro atoms. The van der Waals surface area contributed by atoms with E-state index in [0.717, 1.165) is 16.9 Å². The van der Waals surface area contributed by atoms with E-state index in [4.69, 9.17) is 4.74 Å². The predicted octanol–water partition coefficient (Wildman–Crippen LogP) is 3.54. The quantitative estimate of drug-likeness (QED) is 0.550. The van der Waals surface area contributed by atoms with Gasteiger partial charge in [-0.05, 0) is 54.6 Å². The van der Waals surface area contributed by atoms with Gasteiger partial charge in [0.05, 0.1) is 12.7 Å². The van der Waals surface area contributed by atoms with E-state index in [2.05, 4.69) is 5.32 Å². The van der Waals surface area contributed by atoms with E-state index >= 15 is 0 Å². The second-order valence-corrected chi connectivity index (χ2v) is 7.23. The van der Waals surface area contributed by atoms with E-state index in [0.29, 0.717) is 6.42 Å². The molecule has 0 aliphatic carbocycles. The maximum Gasteiger partial charge on any atom is 0.244 e. The molecule has 2 aromatic carbocycles. The van der Waals surface area contributed by atoms with Gasteiger partial charge in [0.2, 0.25) is 5.91 Å². The van der Waals surface area contributed by atoms with Gasteiger partial charge in [0, 0.05) is 23.9 Å². The normalized spacial score (nSPS) is 13.4. The summed E-state index contributed by atoms with van der Waals surface area (Å²) in [7, 11) is 1.62. The molecule has 5 heteroatoms. The summed E-state index contributed by atoms with van der Waals surface area (Å²) in [6.07, 6.45) is 5.71. The summed E-state index contributed by atoms with van der Waals surface area (Å²) in [5.41, 5.74) is 0.912. The molecular formula is C21H25NO3S. The molecule has 2 N–H and O–H groups in total. The highest BCUT2D eigenvalue weighted by atomic mass is 32.2. The standard InChI is InChI=1S/C21H25NO3S/c1-21(24,14-17-4-9-18(25-2)10-5-17)15-22-20(23)13-8-16-6-11-19(26-3)12-7-16/h4-13,24H,14-15H2,1-3H3,(H,22,23)/b13-8+/t21-/m0/s1. The topological polar surface area (TPSA) is 58.6 Å². The van der Waals surface area contributed by atoms with Crippen LogP contribution in [0.15, 0.2) is 59.5 Å². The fourth-order valence-corrected chi connectivity index (χ4v) is 2.88. The van der Waals surface area contributed by atoms with Crippen molar-refractivity contribution in [1.29, 1.82) is 0 Å². The lowest BCUT2D eigenvalue weighted by Crippen LogP contribution is -2.41. The number of ether oxygens (including phenoxy) is 1. The molecule has 2 rings (SSSR count). The number of amides is 1. The van der Waals surface area contributed by atoms with Crippen LogP contribution in [-0.2, 0) is 11.2 Å². The van der Waals surface area contributed by atoms with Crippen molar-refractivity contribution >= 4 is 23.7 Å². The smallest absolute Gasteiger partial charge is 0.244 e. The second-order valence-electron chi connectivity index (χ2n) is 6.35. The molecule has 26 heavy (non-hydrogen) atoms. The van der Waals surface area contributed by atoms with E-state index in [1.807, 2.05) is 54.8 Å². The number of nitrogens with one attached hydrogen (secondary N) is 1. The molecule has 0 aliphatic heterocycles. The Labute approximate surface area is 159 Å². The number of benzene rings is 2. The second kappa shape index (κ2) is 9.46. The molecular weight excluding hydrogens is 346 g/mol. The van der Waals surface area contributed by atoms with Gasteiger partial charge in [-0.3, -0.25) is 4.79 Å². The van der Waals surface area contributed by atoms with Crippen molar-refractivity contribution in [3.63, 3.8) is 0 Å². The predicted molar refractivity (Wildman–Crippen MR) is 108 cm³/mol. The Kier molecular flexibility index (Phi) is 7.30. The number of carbonyl (C=O) groups is 1. The van der Waals surface area contributed by atoms with E-state index in [9.17, 15) is 9.90 Å². The van der Waals surface area contributed by atoms with Crippen LogP contribution in [0.3, 0.4) is 0 Å². The van der Waals surface area contributed by atoms with Crippen molar-refractivity contribution in [2.75, 3.05) is 19.9 Å². The molecule has 1 atom stereocenters. The number of hydrogen-bond donors (Lipinski definition) is 2. The highest BCUT2D eigenvalue weighted by Gasteiger charge is 2.21.